The quantitative estimate of drug-likeness (QED) is 0.820. The van der Waals surface area contributed by atoms with Gasteiger partial charge in [-0.25, -0.2) is 0 Å². The van der Waals surface area contributed by atoms with Gasteiger partial charge in [0.1, 0.15) is 0 Å². The van der Waals surface area contributed by atoms with Gasteiger partial charge in [-0.1, -0.05) is 22.0 Å². The molecule has 1 aromatic carbocycles. The highest BCUT2D eigenvalue weighted by Crippen LogP contribution is 2.33. The Hall–Kier alpha value is -0.840. The Morgan fingerprint density at radius 3 is 2.90 bits per heavy atom. The van der Waals surface area contributed by atoms with Gasteiger partial charge in [0.05, 0.1) is 0 Å². The molecule has 2 aromatic rings. The van der Waals surface area contributed by atoms with Gasteiger partial charge in [0.25, 0.3) is 0 Å². The summed E-state index contributed by atoms with van der Waals surface area (Å²) in [5.41, 5.74) is 9.09. The SMILES string of the molecule is NC(CSc1ccc(Br)cc1)C1CCCc2cccnc21. The third kappa shape index (κ3) is 3.68. The lowest BCUT2D eigenvalue weighted by Gasteiger charge is -2.28. The fourth-order valence-electron chi connectivity index (χ4n) is 2.90. The molecule has 2 nitrogen and oxygen atoms in total. The number of halogens is 1. The lowest BCUT2D eigenvalue weighted by molar-refractivity contribution is 0.477. The zero-order valence-corrected chi connectivity index (χ0v) is 14.2. The minimum absolute atomic E-state index is 0.160. The average molecular weight is 363 g/mol. The second-order valence-corrected chi connectivity index (χ2v) is 7.48. The Morgan fingerprint density at radius 2 is 2.10 bits per heavy atom. The Morgan fingerprint density at radius 1 is 1.29 bits per heavy atom. The molecule has 4 heteroatoms. The minimum Gasteiger partial charge on any atom is -0.326 e. The van der Waals surface area contributed by atoms with Crippen LogP contribution >= 0.6 is 27.7 Å². The van der Waals surface area contributed by atoms with Gasteiger partial charge in [0.2, 0.25) is 0 Å². The Bertz CT molecular complexity index is 600. The molecule has 0 fully saturated rings. The van der Waals surface area contributed by atoms with Crippen LogP contribution < -0.4 is 5.73 Å². The Kier molecular flexibility index (Phi) is 4.99. The van der Waals surface area contributed by atoms with Gasteiger partial charge >= 0.3 is 0 Å². The van der Waals surface area contributed by atoms with Crippen LogP contribution in [0.5, 0.6) is 0 Å². The first kappa shape index (κ1) is 15.1. The second-order valence-electron chi connectivity index (χ2n) is 5.48. The molecule has 2 unspecified atom stereocenters. The van der Waals surface area contributed by atoms with E-state index in [1.54, 1.807) is 0 Å². The molecule has 1 aliphatic rings. The summed E-state index contributed by atoms with van der Waals surface area (Å²) >= 11 is 5.30. The predicted octanol–water partition coefficient (Wildman–Crippen LogP) is 4.38. The van der Waals surface area contributed by atoms with Crippen LogP contribution in [0.4, 0.5) is 0 Å². The van der Waals surface area contributed by atoms with Crippen molar-refractivity contribution in [3.8, 4) is 0 Å². The van der Waals surface area contributed by atoms with Gasteiger partial charge in [-0.3, -0.25) is 4.98 Å². The molecule has 1 heterocycles. The molecule has 2 N–H and O–H groups in total. The fraction of sp³-hybridized carbons (Fsp3) is 0.353. The first-order valence-electron chi connectivity index (χ1n) is 7.32. The number of pyridine rings is 1. The molecular weight excluding hydrogens is 344 g/mol. The number of rotatable bonds is 4. The van der Waals surface area contributed by atoms with E-state index >= 15 is 0 Å². The van der Waals surface area contributed by atoms with E-state index in [0.717, 1.165) is 23.1 Å². The topological polar surface area (TPSA) is 38.9 Å². The molecule has 0 spiro atoms. The number of aryl methyl sites for hydroxylation is 1. The summed E-state index contributed by atoms with van der Waals surface area (Å²) in [5, 5.41) is 0. The predicted molar refractivity (Wildman–Crippen MR) is 92.8 cm³/mol. The number of fused-ring (bicyclic) bond motifs is 1. The number of nitrogens with two attached hydrogens (primary N) is 1. The molecular formula is C17H19BrN2S. The third-order valence-electron chi connectivity index (χ3n) is 4.01. The van der Waals surface area contributed by atoms with Crippen molar-refractivity contribution < 1.29 is 0 Å². The smallest absolute Gasteiger partial charge is 0.0482 e. The van der Waals surface area contributed by atoms with Crippen LogP contribution in [-0.2, 0) is 6.42 Å². The van der Waals surface area contributed by atoms with E-state index in [1.807, 2.05) is 24.0 Å². The molecule has 0 saturated carbocycles. The van der Waals surface area contributed by atoms with Crippen LogP contribution in [0, 0.1) is 0 Å². The molecule has 0 aliphatic heterocycles. The largest absolute Gasteiger partial charge is 0.326 e. The lowest BCUT2D eigenvalue weighted by atomic mass is 9.83. The second kappa shape index (κ2) is 6.95. The normalized spacial score (nSPS) is 19.0. The van der Waals surface area contributed by atoms with Crippen molar-refractivity contribution in [1.82, 2.24) is 4.98 Å². The number of benzene rings is 1. The monoisotopic (exact) mass is 362 g/mol. The summed E-state index contributed by atoms with van der Waals surface area (Å²) in [5.74, 6) is 1.33. The zero-order chi connectivity index (χ0) is 14.7. The van der Waals surface area contributed by atoms with Crippen molar-refractivity contribution in [3.05, 3.63) is 58.3 Å². The summed E-state index contributed by atoms with van der Waals surface area (Å²) < 4.78 is 1.11. The van der Waals surface area contributed by atoms with Crippen LogP contribution in [0.3, 0.4) is 0 Å². The summed E-state index contributed by atoms with van der Waals surface area (Å²) in [6.45, 7) is 0. The number of hydrogen-bond acceptors (Lipinski definition) is 3. The lowest BCUT2D eigenvalue weighted by Crippen LogP contribution is -2.33. The van der Waals surface area contributed by atoms with Gasteiger partial charge < -0.3 is 5.73 Å². The maximum atomic E-state index is 6.47. The van der Waals surface area contributed by atoms with E-state index in [-0.39, 0.29) is 6.04 Å². The van der Waals surface area contributed by atoms with Gasteiger partial charge in [-0.2, -0.15) is 0 Å². The Balaban J connectivity index is 1.66. The molecule has 21 heavy (non-hydrogen) atoms. The van der Waals surface area contributed by atoms with Crippen molar-refractivity contribution in [2.24, 2.45) is 5.73 Å². The van der Waals surface area contributed by atoms with E-state index in [0.29, 0.717) is 5.92 Å². The number of aromatic nitrogens is 1. The van der Waals surface area contributed by atoms with Crippen molar-refractivity contribution in [1.29, 1.82) is 0 Å². The van der Waals surface area contributed by atoms with Crippen molar-refractivity contribution in [2.75, 3.05) is 5.75 Å². The van der Waals surface area contributed by atoms with Gasteiger partial charge in [-0.15, -0.1) is 11.8 Å². The molecule has 0 saturated heterocycles. The minimum atomic E-state index is 0.160. The third-order valence-corrected chi connectivity index (χ3v) is 5.70. The summed E-state index contributed by atoms with van der Waals surface area (Å²) in [6, 6.07) is 12.8. The molecule has 0 bridgehead atoms. The number of thioether (sulfide) groups is 1. The van der Waals surface area contributed by atoms with Crippen LogP contribution in [0.15, 0.2) is 52.0 Å². The Labute approximate surface area is 138 Å². The van der Waals surface area contributed by atoms with Crippen LogP contribution in [0.1, 0.15) is 30.0 Å². The average Bonchev–Trinajstić information content (AvgIpc) is 2.53. The standard InChI is InChI=1S/C17H19BrN2S/c18-13-6-8-14(9-7-13)21-11-16(19)15-5-1-3-12-4-2-10-20-17(12)15/h2,4,6-10,15-16H,1,3,5,11,19H2. The highest BCUT2D eigenvalue weighted by molar-refractivity contribution is 9.10. The van der Waals surface area contributed by atoms with Gasteiger partial charge in [0, 0.05) is 39.0 Å². The van der Waals surface area contributed by atoms with E-state index in [9.17, 15) is 0 Å². The molecule has 3 rings (SSSR count). The molecule has 1 aromatic heterocycles. The maximum absolute atomic E-state index is 6.47. The first-order chi connectivity index (χ1) is 10.2. The van der Waals surface area contributed by atoms with Crippen molar-refractivity contribution in [3.63, 3.8) is 0 Å². The van der Waals surface area contributed by atoms with E-state index in [2.05, 4.69) is 51.2 Å². The van der Waals surface area contributed by atoms with Gasteiger partial charge in [0.15, 0.2) is 0 Å². The zero-order valence-electron chi connectivity index (χ0n) is 11.8. The molecule has 0 amide bonds. The highest BCUT2D eigenvalue weighted by atomic mass is 79.9. The molecule has 0 radical (unpaired) electrons. The molecule has 110 valence electrons. The fourth-order valence-corrected chi connectivity index (χ4v) is 4.11. The summed E-state index contributed by atoms with van der Waals surface area (Å²) in [4.78, 5) is 5.86. The summed E-state index contributed by atoms with van der Waals surface area (Å²) in [6.07, 6.45) is 5.42. The molecule has 2 atom stereocenters. The van der Waals surface area contributed by atoms with Gasteiger partial charge in [-0.05, 0) is 55.2 Å². The van der Waals surface area contributed by atoms with Crippen LogP contribution in [-0.4, -0.2) is 16.8 Å². The number of nitrogens with zero attached hydrogens (tertiary/aromatic N) is 1. The van der Waals surface area contributed by atoms with E-state index in [4.69, 9.17) is 5.73 Å². The number of hydrogen-bond donors (Lipinski definition) is 1. The van der Waals surface area contributed by atoms with Crippen molar-refractivity contribution in [2.45, 2.75) is 36.1 Å². The maximum Gasteiger partial charge on any atom is 0.0482 e. The highest BCUT2D eigenvalue weighted by Gasteiger charge is 2.26. The van der Waals surface area contributed by atoms with E-state index < -0.39 is 0 Å². The van der Waals surface area contributed by atoms with Crippen LogP contribution in [0.25, 0.3) is 0 Å². The van der Waals surface area contributed by atoms with Crippen LogP contribution in [0.2, 0.25) is 0 Å². The van der Waals surface area contributed by atoms with E-state index in [1.165, 1.54) is 22.6 Å². The molecule has 1 aliphatic carbocycles. The van der Waals surface area contributed by atoms with Crippen molar-refractivity contribution >= 4 is 27.7 Å². The summed E-state index contributed by atoms with van der Waals surface area (Å²) in [7, 11) is 0. The first-order valence-corrected chi connectivity index (χ1v) is 9.09.